The fourth-order valence-electron chi connectivity index (χ4n) is 3.49. The van der Waals surface area contributed by atoms with E-state index >= 15 is 0 Å². The fraction of sp³-hybridized carbons (Fsp3) is 0.333. The highest BCUT2D eigenvalue weighted by Crippen LogP contribution is 2.34. The summed E-state index contributed by atoms with van der Waals surface area (Å²) in [6.45, 7) is 0.445. The molecule has 1 saturated heterocycles. The number of amides is 1. The lowest BCUT2D eigenvalue weighted by Gasteiger charge is -2.40. The summed E-state index contributed by atoms with van der Waals surface area (Å²) in [5.41, 5.74) is 6.66. The summed E-state index contributed by atoms with van der Waals surface area (Å²) >= 11 is 0. The van der Waals surface area contributed by atoms with Crippen LogP contribution < -0.4 is 10.5 Å². The van der Waals surface area contributed by atoms with Crippen molar-refractivity contribution in [3.8, 4) is 17.2 Å². The topological polar surface area (TPSA) is 174 Å². The smallest absolute Gasteiger partial charge is 0.451 e. The number of nitrogens with zero attached hydrogens (tertiary/aromatic N) is 1. The molecule has 32 heavy (non-hydrogen) atoms. The first-order valence-corrected chi connectivity index (χ1v) is 10.1. The van der Waals surface area contributed by atoms with E-state index in [1.165, 1.54) is 29.2 Å². The van der Waals surface area contributed by atoms with Gasteiger partial charge in [0, 0.05) is 0 Å². The van der Waals surface area contributed by atoms with Crippen LogP contribution in [0.15, 0.2) is 36.4 Å². The Bertz CT molecular complexity index is 977. The molecule has 0 aliphatic carbocycles. The molecule has 0 radical (unpaired) electrons. The van der Waals surface area contributed by atoms with Crippen LogP contribution in [0.25, 0.3) is 0 Å². The van der Waals surface area contributed by atoms with E-state index in [1.807, 2.05) is 0 Å². The van der Waals surface area contributed by atoms with Crippen LogP contribution in [0.2, 0.25) is 6.32 Å². The minimum atomic E-state index is -1.57. The van der Waals surface area contributed by atoms with Crippen LogP contribution >= 0.6 is 0 Å². The van der Waals surface area contributed by atoms with Crippen molar-refractivity contribution < 1.29 is 39.7 Å². The molecular weight excluding hydrogens is 419 g/mol. The van der Waals surface area contributed by atoms with Gasteiger partial charge in [0.15, 0.2) is 0 Å². The number of benzene rings is 2. The maximum absolute atomic E-state index is 12.5. The number of carbonyl (C=O) groups excluding carboxylic acids is 1. The van der Waals surface area contributed by atoms with E-state index < -0.39 is 36.5 Å². The number of rotatable bonds is 9. The summed E-state index contributed by atoms with van der Waals surface area (Å²) in [6.07, 6.45) is -0.129. The van der Waals surface area contributed by atoms with Gasteiger partial charge in [0.25, 0.3) is 0 Å². The monoisotopic (exact) mass is 444 g/mol. The Morgan fingerprint density at radius 1 is 1.12 bits per heavy atom. The Labute approximate surface area is 184 Å². The number of aromatic hydroxyl groups is 2. The molecule has 7 N–H and O–H groups in total. The maximum atomic E-state index is 12.5. The van der Waals surface area contributed by atoms with Crippen molar-refractivity contribution in [2.45, 2.75) is 31.3 Å². The number of carbonyl (C=O) groups is 2. The molecule has 1 fully saturated rings. The molecule has 0 saturated carbocycles. The fourth-order valence-corrected chi connectivity index (χ4v) is 3.49. The molecule has 1 aliphatic heterocycles. The van der Waals surface area contributed by atoms with Crippen molar-refractivity contribution in [1.82, 2.24) is 4.90 Å². The summed E-state index contributed by atoms with van der Waals surface area (Å²) in [7, 11) is -1.57. The molecule has 10 nitrogen and oxygen atoms in total. The normalized spacial score (nSPS) is 14.5. The molecule has 1 atom stereocenters. The van der Waals surface area contributed by atoms with Crippen molar-refractivity contribution in [2.24, 2.45) is 5.73 Å². The van der Waals surface area contributed by atoms with Crippen LogP contribution in [-0.4, -0.2) is 74.5 Å². The average molecular weight is 444 g/mol. The van der Waals surface area contributed by atoms with E-state index in [2.05, 4.69) is 0 Å². The molecule has 1 heterocycles. The number of hydrogen-bond acceptors (Lipinski definition) is 8. The molecule has 0 bridgehead atoms. The number of carboxylic acid groups (broad SMARTS) is 1. The average Bonchev–Trinajstić information content (AvgIpc) is 2.70. The van der Waals surface area contributed by atoms with Gasteiger partial charge >= 0.3 is 13.1 Å². The number of nitrogens with two attached hydrogens (primary N) is 1. The molecule has 0 spiro atoms. The number of hydrogen-bond donors (Lipinski definition) is 6. The zero-order chi connectivity index (χ0) is 23.4. The Balaban J connectivity index is 1.59. The molecular formula is C21H25BN2O8. The number of likely N-dealkylation sites (tertiary alicyclic amines) is 1. The van der Waals surface area contributed by atoms with Crippen molar-refractivity contribution in [1.29, 1.82) is 0 Å². The highest BCUT2D eigenvalue weighted by atomic mass is 16.5. The van der Waals surface area contributed by atoms with Crippen molar-refractivity contribution in [2.75, 3.05) is 13.1 Å². The first-order valence-electron chi connectivity index (χ1n) is 10.1. The van der Waals surface area contributed by atoms with Crippen molar-refractivity contribution >= 4 is 19.0 Å². The highest BCUT2D eigenvalue weighted by molar-refractivity contribution is 6.41. The van der Waals surface area contributed by atoms with E-state index in [9.17, 15) is 24.9 Å². The molecule has 2 aromatic rings. The van der Waals surface area contributed by atoms with E-state index in [-0.39, 0.29) is 48.8 Å². The van der Waals surface area contributed by atoms with Gasteiger partial charge in [-0.1, -0.05) is 18.2 Å². The predicted molar refractivity (Wildman–Crippen MR) is 115 cm³/mol. The lowest BCUT2D eigenvalue weighted by molar-refractivity contribution is -0.141. The van der Waals surface area contributed by atoms with Gasteiger partial charge in [-0.3, -0.25) is 4.79 Å². The first-order chi connectivity index (χ1) is 15.2. The van der Waals surface area contributed by atoms with E-state index in [4.69, 9.17) is 20.5 Å². The summed E-state index contributed by atoms with van der Waals surface area (Å²) in [4.78, 5) is 25.7. The number of carboxylic acids is 1. The third kappa shape index (κ3) is 5.50. The van der Waals surface area contributed by atoms with Crippen molar-refractivity contribution in [3.05, 3.63) is 53.1 Å². The molecule has 3 rings (SSSR count). The number of phenolic OH excluding ortho intramolecular Hbond substituents is 1. The van der Waals surface area contributed by atoms with Gasteiger partial charge in [-0.2, -0.15) is 0 Å². The Morgan fingerprint density at radius 2 is 1.78 bits per heavy atom. The molecule has 2 aromatic carbocycles. The third-order valence-electron chi connectivity index (χ3n) is 5.27. The van der Waals surface area contributed by atoms with Crippen LogP contribution in [0, 0.1) is 0 Å². The van der Waals surface area contributed by atoms with Gasteiger partial charge in [-0.25, -0.2) is 4.79 Å². The summed E-state index contributed by atoms with van der Waals surface area (Å²) < 4.78 is 5.69. The summed E-state index contributed by atoms with van der Waals surface area (Å²) in [6, 6.07) is 8.53. The maximum Gasteiger partial charge on any atom is 0.451 e. The molecule has 0 unspecified atom stereocenters. The number of aromatic carboxylic acids is 1. The van der Waals surface area contributed by atoms with E-state index in [0.29, 0.717) is 6.42 Å². The molecule has 11 heteroatoms. The summed E-state index contributed by atoms with van der Waals surface area (Å²) in [5, 5.41) is 47.1. The van der Waals surface area contributed by atoms with Gasteiger partial charge in [-0.05, 0) is 48.5 Å². The summed E-state index contributed by atoms with van der Waals surface area (Å²) in [5.74, 6) is -2.04. The minimum Gasteiger partial charge on any atom is -0.508 e. The molecule has 1 amide bonds. The molecule has 0 aromatic heterocycles. The zero-order valence-electron chi connectivity index (χ0n) is 17.2. The zero-order valence-corrected chi connectivity index (χ0v) is 17.2. The minimum absolute atomic E-state index is 0.0335. The van der Waals surface area contributed by atoms with Gasteiger partial charge in [-0.15, -0.1) is 0 Å². The van der Waals surface area contributed by atoms with Gasteiger partial charge in [0.2, 0.25) is 5.91 Å². The largest absolute Gasteiger partial charge is 0.508 e. The first kappa shape index (κ1) is 23.4. The Hall–Kier alpha value is -3.28. The van der Waals surface area contributed by atoms with Gasteiger partial charge < -0.3 is 40.7 Å². The van der Waals surface area contributed by atoms with Crippen LogP contribution in [0.5, 0.6) is 17.2 Å². The van der Waals surface area contributed by atoms with E-state index in [0.717, 1.165) is 5.56 Å². The second-order valence-electron chi connectivity index (χ2n) is 7.73. The standard InChI is InChI=1S/C21H25BN2O8/c23-16(9-12-1-4-14(25)5-2-12)20(27)24-10-15(11-24)32-17-6-3-13(7-8-22(30)31)19(26)18(17)21(28)29/h1-6,15-16,25-26,30-31H,7-11,23H2,(H,28,29)/t16-/m1/s1. The second-order valence-corrected chi connectivity index (χ2v) is 7.73. The van der Waals surface area contributed by atoms with Crippen LogP contribution in [0.1, 0.15) is 21.5 Å². The SMILES string of the molecule is N[C@H](Cc1ccc(O)cc1)C(=O)N1CC(Oc2ccc(CCB(O)O)c(O)c2C(=O)O)C1. The van der Waals surface area contributed by atoms with Gasteiger partial charge in [0.1, 0.15) is 28.9 Å². The number of phenols is 2. The van der Waals surface area contributed by atoms with Crippen molar-refractivity contribution in [3.63, 3.8) is 0 Å². The predicted octanol–water partition coefficient (Wildman–Crippen LogP) is -0.0291. The van der Waals surface area contributed by atoms with Crippen LogP contribution in [0.4, 0.5) is 0 Å². The number of aryl methyl sites for hydroxylation is 1. The highest BCUT2D eigenvalue weighted by Gasteiger charge is 2.35. The van der Waals surface area contributed by atoms with Crippen LogP contribution in [0.3, 0.4) is 0 Å². The lowest BCUT2D eigenvalue weighted by atomic mass is 9.82. The molecule has 1 aliphatic rings. The Morgan fingerprint density at radius 3 is 2.38 bits per heavy atom. The Kier molecular flexibility index (Phi) is 7.24. The third-order valence-corrected chi connectivity index (χ3v) is 5.27. The van der Waals surface area contributed by atoms with Crippen LogP contribution in [-0.2, 0) is 17.6 Å². The second kappa shape index (κ2) is 9.90. The quantitative estimate of drug-likeness (QED) is 0.290. The van der Waals surface area contributed by atoms with E-state index in [1.54, 1.807) is 12.1 Å². The lowest BCUT2D eigenvalue weighted by Crippen LogP contribution is -2.60. The number of ether oxygens (including phenoxy) is 1. The van der Waals surface area contributed by atoms with Gasteiger partial charge in [0.05, 0.1) is 19.1 Å². The molecule has 170 valence electrons.